The summed E-state index contributed by atoms with van der Waals surface area (Å²) in [5, 5.41) is 0. The lowest BCUT2D eigenvalue weighted by atomic mass is 10.1. The summed E-state index contributed by atoms with van der Waals surface area (Å²) >= 11 is 0. The number of nitrogens with zero attached hydrogens (tertiary/aromatic N) is 2. The molecule has 2 nitrogen and oxygen atoms in total. The second kappa shape index (κ2) is 7.88. The standard InChI is InChI=1S/C15H24N2/c1-4-7-12-16-13-14-10-8-9-11-15(14)17(5-2)6-3/h8-11,13H,4-7,12H2,1-3H3/b16-13+. The molecule has 94 valence electrons. The van der Waals surface area contributed by atoms with E-state index in [4.69, 9.17) is 0 Å². The molecule has 0 saturated heterocycles. The minimum atomic E-state index is 0.934. The van der Waals surface area contributed by atoms with Crippen LogP contribution in [0.3, 0.4) is 0 Å². The fraction of sp³-hybridized carbons (Fsp3) is 0.533. The maximum absolute atomic E-state index is 4.49. The Labute approximate surface area is 105 Å². The SMILES string of the molecule is CCCC/N=C/c1ccccc1N(CC)CC. The summed E-state index contributed by atoms with van der Waals surface area (Å²) in [4.78, 5) is 6.85. The van der Waals surface area contributed by atoms with Crippen LogP contribution in [0.25, 0.3) is 0 Å². The summed E-state index contributed by atoms with van der Waals surface area (Å²) in [5.74, 6) is 0. The summed E-state index contributed by atoms with van der Waals surface area (Å²) < 4.78 is 0. The Morgan fingerprint density at radius 3 is 2.47 bits per heavy atom. The minimum absolute atomic E-state index is 0.934. The van der Waals surface area contributed by atoms with E-state index in [9.17, 15) is 0 Å². The lowest BCUT2D eigenvalue weighted by Crippen LogP contribution is -2.23. The number of hydrogen-bond acceptors (Lipinski definition) is 2. The molecule has 0 aliphatic rings. The van der Waals surface area contributed by atoms with E-state index < -0.39 is 0 Å². The first kappa shape index (κ1) is 13.8. The van der Waals surface area contributed by atoms with Gasteiger partial charge in [-0.05, 0) is 26.3 Å². The topological polar surface area (TPSA) is 15.6 Å². The van der Waals surface area contributed by atoms with Crippen LogP contribution in [0.5, 0.6) is 0 Å². The monoisotopic (exact) mass is 232 g/mol. The molecule has 0 amide bonds. The predicted molar refractivity (Wildman–Crippen MR) is 77.4 cm³/mol. The van der Waals surface area contributed by atoms with Crippen LogP contribution in [-0.2, 0) is 0 Å². The first-order chi connectivity index (χ1) is 8.33. The number of rotatable bonds is 7. The van der Waals surface area contributed by atoms with Gasteiger partial charge >= 0.3 is 0 Å². The van der Waals surface area contributed by atoms with E-state index in [0.29, 0.717) is 0 Å². The Bertz CT molecular complexity index is 341. The molecule has 0 spiro atoms. The van der Waals surface area contributed by atoms with Crippen molar-refractivity contribution in [3.8, 4) is 0 Å². The number of benzene rings is 1. The van der Waals surface area contributed by atoms with E-state index in [-0.39, 0.29) is 0 Å². The zero-order valence-corrected chi connectivity index (χ0v) is 11.3. The first-order valence-corrected chi connectivity index (χ1v) is 6.67. The van der Waals surface area contributed by atoms with Gasteiger partial charge in [0.25, 0.3) is 0 Å². The zero-order valence-electron chi connectivity index (χ0n) is 11.3. The van der Waals surface area contributed by atoms with E-state index in [0.717, 1.165) is 19.6 Å². The van der Waals surface area contributed by atoms with Crippen molar-refractivity contribution >= 4 is 11.9 Å². The Morgan fingerprint density at radius 2 is 1.82 bits per heavy atom. The second-order valence-corrected chi connectivity index (χ2v) is 4.12. The lowest BCUT2D eigenvalue weighted by Gasteiger charge is -2.22. The van der Waals surface area contributed by atoms with E-state index >= 15 is 0 Å². The van der Waals surface area contributed by atoms with Crippen molar-refractivity contribution in [3.05, 3.63) is 29.8 Å². The Kier molecular flexibility index (Phi) is 6.38. The van der Waals surface area contributed by atoms with Gasteiger partial charge in [0.15, 0.2) is 0 Å². The maximum Gasteiger partial charge on any atom is 0.0455 e. The predicted octanol–water partition coefficient (Wildman–Crippen LogP) is 3.75. The zero-order chi connectivity index (χ0) is 12.5. The molecule has 0 bridgehead atoms. The van der Waals surface area contributed by atoms with Gasteiger partial charge in [0, 0.05) is 37.1 Å². The van der Waals surface area contributed by atoms with Crippen molar-refractivity contribution in [3.63, 3.8) is 0 Å². The average Bonchev–Trinajstić information content (AvgIpc) is 2.38. The second-order valence-electron chi connectivity index (χ2n) is 4.12. The molecule has 17 heavy (non-hydrogen) atoms. The van der Waals surface area contributed by atoms with Crippen LogP contribution in [0.15, 0.2) is 29.3 Å². The van der Waals surface area contributed by atoms with Crippen molar-refractivity contribution in [2.24, 2.45) is 4.99 Å². The number of hydrogen-bond donors (Lipinski definition) is 0. The number of para-hydroxylation sites is 1. The highest BCUT2D eigenvalue weighted by Gasteiger charge is 2.05. The van der Waals surface area contributed by atoms with Crippen LogP contribution in [0.2, 0.25) is 0 Å². The molecule has 0 saturated carbocycles. The average molecular weight is 232 g/mol. The van der Waals surface area contributed by atoms with E-state index in [1.54, 1.807) is 0 Å². The molecule has 2 heteroatoms. The van der Waals surface area contributed by atoms with E-state index in [2.05, 4.69) is 54.9 Å². The fourth-order valence-corrected chi connectivity index (χ4v) is 1.86. The lowest BCUT2D eigenvalue weighted by molar-refractivity contribution is 0.810. The Hall–Kier alpha value is -1.31. The molecule has 0 heterocycles. The van der Waals surface area contributed by atoms with Crippen LogP contribution in [0.1, 0.15) is 39.2 Å². The maximum atomic E-state index is 4.49. The molecular weight excluding hydrogens is 208 g/mol. The van der Waals surface area contributed by atoms with Crippen molar-refractivity contribution in [2.75, 3.05) is 24.5 Å². The summed E-state index contributed by atoms with van der Waals surface area (Å²) in [6, 6.07) is 8.49. The molecular formula is C15H24N2. The van der Waals surface area contributed by atoms with Gasteiger partial charge in [-0.15, -0.1) is 0 Å². The number of anilines is 1. The van der Waals surface area contributed by atoms with Crippen molar-refractivity contribution in [1.82, 2.24) is 0 Å². The van der Waals surface area contributed by atoms with Gasteiger partial charge in [-0.25, -0.2) is 0 Å². The van der Waals surface area contributed by atoms with Crippen LogP contribution in [-0.4, -0.2) is 25.8 Å². The Morgan fingerprint density at radius 1 is 1.12 bits per heavy atom. The third-order valence-electron chi connectivity index (χ3n) is 2.91. The fourth-order valence-electron chi connectivity index (χ4n) is 1.86. The Balaban J connectivity index is 2.80. The van der Waals surface area contributed by atoms with Crippen molar-refractivity contribution in [2.45, 2.75) is 33.6 Å². The third-order valence-corrected chi connectivity index (χ3v) is 2.91. The normalized spacial score (nSPS) is 11.0. The highest BCUT2D eigenvalue weighted by molar-refractivity contribution is 5.88. The summed E-state index contributed by atoms with van der Waals surface area (Å²) in [6.45, 7) is 9.58. The molecule has 0 fully saturated rings. The molecule has 0 aliphatic carbocycles. The smallest absolute Gasteiger partial charge is 0.0455 e. The first-order valence-electron chi connectivity index (χ1n) is 6.67. The van der Waals surface area contributed by atoms with Gasteiger partial charge < -0.3 is 4.90 Å². The van der Waals surface area contributed by atoms with Crippen LogP contribution in [0.4, 0.5) is 5.69 Å². The van der Waals surface area contributed by atoms with Gasteiger partial charge in [-0.2, -0.15) is 0 Å². The van der Waals surface area contributed by atoms with Gasteiger partial charge in [0.05, 0.1) is 0 Å². The van der Waals surface area contributed by atoms with E-state index in [1.807, 2.05) is 6.21 Å². The molecule has 1 rings (SSSR count). The quantitative estimate of drug-likeness (QED) is 0.516. The van der Waals surface area contributed by atoms with Crippen molar-refractivity contribution < 1.29 is 0 Å². The van der Waals surface area contributed by atoms with Gasteiger partial charge in [-0.3, -0.25) is 4.99 Å². The molecule has 1 aromatic rings. The number of aliphatic imine (C=N–C) groups is 1. The highest BCUT2D eigenvalue weighted by Crippen LogP contribution is 2.18. The van der Waals surface area contributed by atoms with Gasteiger partial charge in [0.1, 0.15) is 0 Å². The van der Waals surface area contributed by atoms with Crippen molar-refractivity contribution in [1.29, 1.82) is 0 Å². The number of unbranched alkanes of at least 4 members (excludes halogenated alkanes) is 1. The molecule has 1 aromatic carbocycles. The molecule has 0 atom stereocenters. The molecule has 0 radical (unpaired) electrons. The highest BCUT2D eigenvalue weighted by atomic mass is 15.1. The molecule has 0 N–H and O–H groups in total. The van der Waals surface area contributed by atoms with Crippen LogP contribution in [0, 0.1) is 0 Å². The van der Waals surface area contributed by atoms with E-state index in [1.165, 1.54) is 24.1 Å². The third kappa shape index (κ3) is 4.22. The minimum Gasteiger partial charge on any atom is -0.372 e. The van der Waals surface area contributed by atoms with Crippen LogP contribution < -0.4 is 4.90 Å². The molecule has 0 aromatic heterocycles. The molecule has 0 unspecified atom stereocenters. The molecule has 0 aliphatic heterocycles. The van der Waals surface area contributed by atoms with Crippen LogP contribution >= 0.6 is 0 Å². The van der Waals surface area contributed by atoms with Gasteiger partial charge in [-0.1, -0.05) is 31.5 Å². The summed E-state index contributed by atoms with van der Waals surface area (Å²) in [5.41, 5.74) is 2.52. The largest absolute Gasteiger partial charge is 0.372 e. The van der Waals surface area contributed by atoms with Gasteiger partial charge in [0.2, 0.25) is 0 Å². The summed E-state index contributed by atoms with van der Waals surface area (Å²) in [7, 11) is 0. The summed E-state index contributed by atoms with van der Waals surface area (Å²) in [6.07, 6.45) is 4.39.